The standard InChI is InChI=1S/C8H7BS/c9-8-7-4-2-1-3-6(7)5-10-8/h1-5H,9H2. The predicted molar refractivity (Wildman–Crippen MR) is 50.0 cm³/mol. The number of benzene rings is 1. The predicted octanol–water partition coefficient (Wildman–Crippen LogP) is 1.16. The molecule has 0 atom stereocenters. The van der Waals surface area contributed by atoms with Gasteiger partial charge in [-0.2, -0.15) is 11.3 Å². The van der Waals surface area contributed by atoms with Crippen LogP contribution in [0.15, 0.2) is 29.6 Å². The van der Waals surface area contributed by atoms with Gasteiger partial charge in [0.2, 0.25) is 0 Å². The van der Waals surface area contributed by atoms with Crippen molar-refractivity contribution < 1.29 is 0 Å². The molecule has 0 spiro atoms. The largest absolute Gasteiger partial charge is 0.158 e. The van der Waals surface area contributed by atoms with Crippen LogP contribution in [0.3, 0.4) is 0 Å². The Morgan fingerprint density at radius 1 is 1.20 bits per heavy atom. The Labute approximate surface area is 64.9 Å². The van der Waals surface area contributed by atoms with Crippen LogP contribution in [0.1, 0.15) is 0 Å². The number of thiophene rings is 1. The molecular weight excluding hydrogens is 139 g/mol. The molecule has 2 rings (SSSR count). The van der Waals surface area contributed by atoms with Crippen molar-refractivity contribution in [3.8, 4) is 0 Å². The van der Waals surface area contributed by atoms with E-state index in [1.807, 2.05) is 11.3 Å². The van der Waals surface area contributed by atoms with Crippen LogP contribution in [0, 0.1) is 0 Å². The van der Waals surface area contributed by atoms with Crippen LogP contribution in [0.4, 0.5) is 0 Å². The maximum atomic E-state index is 2.20. The highest BCUT2D eigenvalue weighted by molar-refractivity contribution is 7.20. The molecule has 2 heteroatoms. The third kappa shape index (κ3) is 0.763. The zero-order chi connectivity index (χ0) is 6.97. The van der Waals surface area contributed by atoms with Crippen LogP contribution in [0.5, 0.6) is 0 Å². The molecule has 48 valence electrons. The summed E-state index contributed by atoms with van der Waals surface area (Å²) in [5, 5.41) is 4.96. The summed E-state index contributed by atoms with van der Waals surface area (Å²) in [4.78, 5) is 0. The topological polar surface area (TPSA) is 0 Å². The molecule has 0 nitrogen and oxygen atoms in total. The Hall–Kier alpha value is -0.755. The van der Waals surface area contributed by atoms with Gasteiger partial charge in [0, 0.05) is 0 Å². The van der Waals surface area contributed by atoms with Gasteiger partial charge >= 0.3 is 0 Å². The molecule has 1 aromatic heterocycles. The summed E-state index contributed by atoms with van der Waals surface area (Å²) in [6.45, 7) is 0. The van der Waals surface area contributed by atoms with Crippen molar-refractivity contribution in [2.24, 2.45) is 0 Å². The average molecular weight is 146 g/mol. The van der Waals surface area contributed by atoms with E-state index in [4.69, 9.17) is 0 Å². The van der Waals surface area contributed by atoms with E-state index in [1.165, 1.54) is 15.5 Å². The second-order valence-electron chi connectivity index (χ2n) is 2.38. The third-order valence-electron chi connectivity index (χ3n) is 1.70. The van der Waals surface area contributed by atoms with Gasteiger partial charge in [0.25, 0.3) is 0 Å². The van der Waals surface area contributed by atoms with E-state index in [-0.39, 0.29) is 0 Å². The highest BCUT2D eigenvalue weighted by Gasteiger charge is 1.95. The van der Waals surface area contributed by atoms with Crippen molar-refractivity contribution in [1.82, 2.24) is 0 Å². The molecule has 0 unspecified atom stereocenters. The van der Waals surface area contributed by atoms with E-state index in [0.29, 0.717) is 0 Å². The van der Waals surface area contributed by atoms with Crippen molar-refractivity contribution in [3.63, 3.8) is 0 Å². The van der Waals surface area contributed by atoms with E-state index in [9.17, 15) is 0 Å². The Balaban J connectivity index is 2.93. The maximum absolute atomic E-state index is 2.20. The van der Waals surface area contributed by atoms with Crippen LogP contribution in [-0.2, 0) is 0 Å². The first kappa shape index (κ1) is 5.99. The monoisotopic (exact) mass is 146 g/mol. The van der Waals surface area contributed by atoms with Crippen LogP contribution in [-0.4, -0.2) is 7.85 Å². The SMILES string of the molecule is Bc1scc2ccccc12. The molecule has 0 radical (unpaired) electrons. The molecule has 1 heterocycles. The van der Waals surface area contributed by atoms with Crippen molar-refractivity contribution in [3.05, 3.63) is 29.6 Å². The van der Waals surface area contributed by atoms with Crippen molar-refractivity contribution in [1.29, 1.82) is 0 Å². The smallest absolute Gasteiger partial charge is 0.153 e. The first-order valence-corrected chi connectivity index (χ1v) is 4.19. The van der Waals surface area contributed by atoms with E-state index in [1.54, 1.807) is 0 Å². The van der Waals surface area contributed by atoms with Gasteiger partial charge < -0.3 is 0 Å². The fraction of sp³-hybridized carbons (Fsp3) is 0. The Morgan fingerprint density at radius 3 is 2.80 bits per heavy atom. The molecule has 0 saturated heterocycles. The number of fused-ring (bicyclic) bond motifs is 1. The molecule has 2 aromatic rings. The molecule has 0 aliphatic carbocycles. The summed E-state index contributed by atoms with van der Waals surface area (Å²) >= 11 is 1.82. The molecule has 0 saturated carbocycles. The van der Waals surface area contributed by atoms with E-state index in [0.717, 1.165) is 0 Å². The van der Waals surface area contributed by atoms with Crippen molar-refractivity contribution in [2.45, 2.75) is 0 Å². The molecule has 0 aliphatic heterocycles. The van der Waals surface area contributed by atoms with Gasteiger partial charge in [-0.25, -0.2) is 0 Å². The summed E-state index contributed by atoms with van der Waals surface area (Å²) in [7, 11) is 2.16. The lowest BCUT2D eigenvalue weighted by Crippen LogP contribution is -1.92. The van der Waals surface area contributed by atoms with Crippen LogP contribution < -0.4 is 4.78 Å². The van der Waals surface area contributed by atoms with Gasteiger partial charge in [0.15, 0.2) is 7.85 Å². The fourth-order valence-corrected chi connectivity index (χ4v) is 1.96. The quantitative estimate of drug-likeness (QED) is 0.489. The zero-order valence-electron chi connectivity index (χ0n) is 5.79. The number of rotatable bonds is 0. The van der Waals surface area contributed by atoms with E-state index < -0.39 is 0 Å². The van der Waals surface area contributed by atoms with Gasteiger partial charge in [0.1, 0.15) is 0 Å². The third-order valence-corrected chi connectivity index (χ3v) is 2.65. The van der Waals surface area contributed by atoms with Gasteiger partial charge in [-0.3, -0.25) is 0 Å². The maximum Gasteiger partial charge on any atom is 0.153 e. The fourth-order valence-electron chi connectivity index (χ4n) is 1.14. The first-order valence-electron chi connectivity index (χ1n) is 3.31. The van der Waals surface area contributed by atoms with Crippen LogP contribution >= 0.6 is 11.3 Å². The minimum absolute atomic E-state index is 1.37. The van der Waals surface area contributed by atoms with Crippen molar-refractivity contribution >= 4 is 34.7 Å². The van der Waals surface area contributed by atoms with E-state index in [2.05, 4.69) is 37.5 Å². The molecule has 0 aliphatic rings. The van der Waals surface area contributed by atoms with Gasteiger partial charge in [-0.1, -0.05) is 24.3 Å². The average Bonchev–Trinajstić information content (AvgIpc) is 2.34. The second-order valence-corrected chi connectivity index (χ2v) is 3.46. The minimum Gasteiger partial charge on any atom is -0.158 e. The van der Waals surface area contributed by atoms with Crippen molar-refractivity contribution in [2.75, 3.05) is 0 Å². The van der Waals surface area contributed by atoms with Crippen LogP contribution in [0.2, 0.25) is 0 Å². The molecule has 0 N–H and O–H groups in total. The molecule has 10 heavy (non-hydrogen) atoms. The summed E-state index contributed by atoms with van der Waals surface area (Å²) in [5.74, 6) is 0. The second kappa shape index (κ2) is 2.13. The van der Waals surface area contributed by atoms with Crippen LogP contribution in [0.25, 0.3) is 10.8 Å². The number of hydrogen-bond acceptors (Lipinski definition) is 1. The Kier molecular flexibility index (Phi) is 1.28. The van der Waals surface area contributed by atoms with E-state index >= 15 is 0 Å². The minimum atomic E-state index is 1.37. The van der Waals surface area contributed by atoms with Gasteiger partial charge in [0.05, 0.1) is 0 Å². The van der Waals surface area contributed by atoms with Gasteiger partial charge in [-0.05, 0) is 20.9 Å². The first-order chi connectivity index (χ1) is 4.88. The lowest BCUT2D eigenvalue weighted by Gasteiger charge is -1.87. The molecule has 0 amide bonds. The Morgan fingerprint density at radius 2 is 2.00 bits per heavy atom. The lowest BCUT2D eigenvalue weighted by molar-refractivity contribution is 1.85. The normalized spacial score (nSPS) is 10.4. The molecule has 1 aromatic carbocycles. The lowest BCUT2D eigenvalue weighted by atomic mass is 10.0. The van der Waals surface area contributed by atoms with Gasteiger partial charge in [-0.15, -0.1) is 0 Å². The summed E-state index contributed by atoms with van der Waals surface area (Å²) in [6.07, 6.45) is 0. The summed E-state index contributed by atoms with van der Waals surface area (Å²) in [6, 6.07) is 8.48. The molecular formula is C8H7BS. The number of hydrogen-bond donors (Lipinski definition) is 0. The zero-order valence-corrected chi connectivity index (χ0v) is 6.61. The molecule has 0 bridgehead atoms. The Bertz CT molecular complexity index is 351. The highest BCUT2D eigenvalue weighted by Crippen LogP contribution is 2.14. The summed E-state index contributed by atoms with van der Waals surface area (Å²) < 4.78 is 1.41. The molecule has 0 fully saturated rings. The highest BCUT2D eigenvalue weighted by atomic mass is 32.1. The summed E-state index contributed by atoms with van der Waals surface area (Å²) in [5.41, 5.74) is 0.